The van der Waals surface area contributed by atoms with Gasteiger partial charge in [0.2, 0.25) is 0 Å². The highest BCUT2D eigenvalue weighted by atomic mass is 16.3. The van der Waals surface area contributed by atoms with Gasteiger partial charge in [-0.1, -0.05) is 12.1 Å². The van der Waals surface area contributed by atoms with Gasteiger partial charge in [0.25, 0.3) is 0 Å². The predicted octanol–water partition coefficient (Wildman–Crippen LogP) is 1.80. The normalized spacial score (nSPS) is 19.1. The molecule has 2 heteroatoms. The number of hydrogen-bond acceptors (Lipinski definition) is 2. The van der Waals surface area contributed by atoms with Crippen LogP contribution in [0.1, 0.15) is 24.4 Å². The fraction of sp³-hybridized carbons (Fsp3) is 0.400. The number of phenolic OH excluding ortho intramolecular Hbond substituents is 1. The van der Waals surface area contributed by atoms with Gasteiger partial charge in [-0.3, -0.25) is 0 Å². The van der Waals surface area contributed by atoms with Crippen molar-refractivity contribution in [2.24, 2.45) is 11.7 Å². The van der Waals surface area contributed by atoms with Gasteiger partial charge in [-0.25, -0.2) is 0 Å². The molecule has 2 nitrogen and oxygen atoms in total. The zero-order chi connectivity index (χ0) is 8.55. The summed E-state index contributed by atoms with van der Waals surface area (Å²) in [6.45, 7) is 0. The van der Waals surface area contributed by atoms with Crippen LogP contribution in [0.25, 0.3) is 0 Å². The lowest BCUT2D eigenvalue weighted by Gasteiger charge is -2.09. The summed E-state index contributed by atoms with van der Waals surface area (Å²) in [4.78, 5) is 0. The molecule has 0 amide bonds. The van der Waals surface area contributed by atoms with Crippen LogP contribution in [0.15, 0.2) is 24.3 Å². The molecule has 1 aromatic carbocycles. The molecule has 1 aromatic rings. The predicted molar refractivity (Wildman–Crippen MR) is 47.8 cm³/mol. The number of hydrogen-bond donors (Lipinski definition) is 2. The molecular weight excluding hydrogens is 150 g/mol. The van der Waals surface area contributed by atoms with Crippen LogP contribution in [0.5, 0.6) is 5.75 Å². The third-order valence-corrected chi connectivity index (χ3v) is 2.41. The molecule has 0 unspecified atom stereocenters. The van der Waals surface area contributed by atoms with Crippen molar-refractivity contribution >= 4 is 0 Å². The number of nitrogens with two attached hydrogens (primary N) is 1. The van der Waals surface area contributed by atoms with Crippen molar-refractivity contribution in [3.8, 4) is 5.75 Å². The molecule has 1 aliphatic rings. The lowest BCUT2D eigenvalue weighted by Crippen LogP contribution is -2.11. The number of benzene rings is 1. The molecule has 12 heavy (non-hydrogen) atoms. The van der Waals surface area contributed by atoms with Gasteiger partial charge in [-0.2, -0.15) is 0 Å². The van der Waals surface area contributed by atoms with Crippen LogP contribution in [0.2, 0.25) is 0 Å². The largest absolute Gasteiger partial charge is 0.508 e. The first-order valence-electron chi connectivity index (χ1n) is 4.32. The van der Waals surface area contributed by atoms with Gasteiger partial charge in [-0.15, -0.1) is 0 Å². The van der Waals surface area contributed by atoms with Gasteiger partial charge < -0.3 is 10.8 Å². The number of aromatic hydroxyl groups is 1. The first-order valence-corrected chi connectivity index (χ1v) is 4.32. The van der Waals surface area contributed by atoms with E-state index in [-0.39, 0.29) is 6.04 Å². The van der Waals surface area contributed by atoms with Crippen molar-refractivity contribution in [3.05, 3.63) is 29.8 Å². The van der Waals surface area contributed by atoms with Crippen LogP contribution in [0, 0.1) is 5.92 Å². The van der Waals surface area contributed by atoms with E-state index in [0.29, 0.717) is 11.7 Å². The van der Waals surface area contributed by atoms with Crippen molar-refractivity contribution in [2.75, 3.05) is 0 Å². The maximum Gasteiger partial charge on any atom is 0.115 e. The minimum atomic E-state index is 0.172. The monoisotopic (exact) mass is 163 g/mol. The first-order chi connectivity index (χ1) is 5.77. The molecule has 0 bridgehead atoms. The Morgan fingerprint density at radius 3 is 2.33 bits per heavy atom. The minimum absolute atomic E-state index is 0.172. The Balaban J connectivity index is 2.16. The Labute approximate surface area is 72.0 Å². The van der Waals surface area contributed by atoms with E-state index >= 15 is 0 Å². The summed E-state index contributed by atoms with van der Waals surface area (Å²) >= 11 is 0. The number of rotatable bonds is 2. The lowest BCUT2D eigenvalue weighted by molar-refractivity contribution is 0.474. The van der Waals surface area contributed by atoms with E-state index in [2.05, 4.69) is 0 Å². The summed E-state index contributed by atoms with van der Waals surface area (Å²) in [5.41, 5.74) is 7.10. The van der Waals surface area contributed by atoms with Gasteiger partial charge in [0, 0.05) is 6.04 Å². The zero-order valence-electron chi connectivity index (χ0n) is 6.90. The smallest absolute Gasteiger partial charge is 0.115 e. The fourth-order valence-electron chi connectivity index (χ4n) is 1.42. The molecule has 2 rings (SSSR count). The van der Waals surface area contributed by atoms with Gasteiger partial charge in [-0.05, 0) is 36.5 Å². The van der Waals surface area contributed by atoms with Crippen LogP contribution >= 0.6 is 0 Å². The van der Waals surface area contributed by atoms with E-state index in [0.717, 1.165) is 5.56 Å². The third kappa shape index (κ3) is 1.43. The van der Waals surface area contributed by atoms with Crippen molar-refractivity contribution < 1.29 is 5.11 Å². The molecule has 0 heterocycles. The van der Waals surface area contributed by atoms with E-state index in [1.54, 1.807) is 12.1 Å². The van der Waals surface area contributed by atoms with Gasteiger partial charge >= 0.3 is 0 Å². The summed E-state index contributed by atoms with van der Waals surface area (Å²) in [7, 11) is 0. The molecule has 1 saturated carbocycles. The van der Waals surface area contributed by atoms with Crippen molar-refractivity contribution in [1.82, 2.24) is 0 Å². The second-order valence-corrected chi connectivity index (χ2v) is 3.45. The van der Waals surface area contributed by atoms with E-state index in [4.69, 9.17) is 10.8 Å². The fourth-order valence-corrected chi connectivity index (χ4v) is 1.42. The van der Waals surface area contributed by atoms with Gasteiger partial charge in [0.15, 0.2) is 0 Å². The SMILES string of the molecule is N[C@@H](c1ccc(O)cc1)C1CC1. The standard InChI is InChI=1S/C10H13NO/c11-10(7-1-2-7)8-3-5-9(12)6-4-8/h3-7,10,12H,1-2,11H2/t10-/m1/s1. The Bertz CT molecular complexity index is 264. The van der Waals surface area contributed by atoms with Crippen molar-refractivity contribution in [1.29, 1.82) is 0 Å². The molecule has 0 radical (unpaired) electrons. The summed E-state index contributed by atoms with van der Waals surface area (Å²) in [5.74, 6) is 0.983. The topological polar surface area (TPSA) is 46.2 Å². The van der Waals surface area contributed by atoms with E-state index in [1.165, 1.54) is 12.8 Å². The van der Waals surface area contributed by atoms with Crippen LogP contribution in [-0.2, 0) is 0 Å². The molecule has 1 atom stereocenters. The Morgan fingerprint density at radius 1 is 1.25 bits per heavy atom. The summed E-state index contributed by atoms with van der Waals surface area (Å²) in [6.07, 6.45) is 2.50. The molecule has 3 N–H and O–H groups in total. The maximum atomic E-state index is 9.05. The molecule has 0 saturated heterocycles. The maximum absolute atomic E-state index is 9.05. The lowest BCUT2D eigenvalue weighted by atomic mass is 10.0. The molecule has 64 valence electrons. The van der Waals surface area contributed by atoms with Crippen molar-refractivity contribution in [2.45, 2.75) is 18.9 Å². The highest BCUT2D eigenvalue weighted by Crippen LogP contribution is 2.39. The Morgan fingerprint density at radius 2 is 1.83 bits per heavy atom. The second kappa shape index (κ2) is 2.79. The van der Waals surface area contributed by atoms with Crippen LogP contribution in [-0.4, -0.2) is 5.11 Å². The second-order valence-electron chi connectivity index (χ2n) is 3.45. The minimum Gasteiger partial charge on any atom is -0.508 e. The van der Waals surface area contributed by atoms with Crippen LogP contribution < -0.4 is 5.73 Å². The summed E-state index contributed by atoms with van der Waals surface area (Å²) in [5, 5.41) is 9.05. The third-order valence-electron chi connectivity index (χ3n) is 2.41. The highest BCUT2D eigenvalue weighted by Gasteiger charge is 2.29. The molecular formula is C10H13NO. The van der Waals surface area contributed by atoms with Gasteiger partial charge in [0.05, 0.1) is 0 Å². The average molecular weight is 163 g/mol. The molecule has 0 spiro atoms. The van der Waals surface area contributed by atoms with Crippen molar-refractivity contribution in [3.63, 3.8) is 0 Å². The van der Waals surface area contributed by atoms with Crippen LogP contribution in [0.4, 0.5) is 0 Å². The molecule has 0 aliphatic heterocycles. The highest BCUT2D eigenvalue weighted by molar-refractivity contribution is 5.28. The quantitative estimate of drug-likeness (QED) is 0.698. The Hall–Kier alpha value is -1.02. The number of phenols is 1. The molecule has 0 aromatic heterocycles. The van der Waals surface area contributed by atoms with E-state index in [9.17, 15) is 0 Å². The first kappa shape index (κ1) is 7.62. The van der Waals surface area contributed by atoms with E-state index < -0.39 is 0 Å². The average Bonchev–Trinajstić information content (AvgIpc) is 2.87. The van der Waals surface area contributed by atoms with E-state index in [1.807, 2.05) is 12.1 Å². The Kier molecular flexibility index (Phi) is 1.77. The van der Waals surface area contributed by atoms with Gasteiger partial charge in [0.1, 0.15) is 5.75 Å². The summed E-state index contributed by atoms with van der Waals surface area (Å²) in [6, 6.07) is 7.36. The van der Waals surface area contributed by atoms with Crippen LogP contribution in [0.3, 0.4) is 0 Å². The molecule has 1 aliphatic carbocycles. The molecule has 1 fully saturated rings. The summed E-state index contributed by atoms with van der Waals surface area (Å²) < 4.78 is 0. The zero-order valence-corrected chi connectivity index (χ0v) is 6.90.